The zero-order valence-electron chi connectivity index (χ0n) is 10.1. The SMILES string of the molecule is Clc1cnc(Oc2ccc3ccccc3c2Br)c(Cl)c1. The van der Waals surface area contributed by atoms with Crippen LogP contribution in [0.15, 0.2) is 53.1 Å². The minimum Gasteiger partial charge on any atom is -0.436 e. The summed E-state index contributed by atoms with van der Waals surface area (Å²) >= 11 is 15.4. The molecule has 0 radical (unpaired) electrons. The van der Waals surface area contributed by atoms with E-state index >= 15 is 0 Å². The summed E-state index contributed by atoms with van der Waals surface area (Å²) in [5, 5.41) is 3.04. The van der Waals surface area contributed by atoms with Gasteiger partial charge in [0.1, 0.15) is 10.8 Å². The van der Waals surface area contributed by atoms with E-state index in [2.05, 4.69) is 20.9 Å². The van der Waals surface area contributed by atoms with E-state index < -0.39 is 0 Å². The fourth-order valence-electron chi connectivity index (χ4n) is 1.87. The van der Waals surface area contributed by atoms with Crippen LogP contribution < -0.4 is 4.74 Å². The molecular weight excluding hydrogens is 361 g/mol. The molecule has 0 N–H and O–H groups in total. The Balaban J connectivity index is 2.04. The predicted molar refractivity (Wildman–Crippen MR) is 86.0 cm³/mol. The molecule has 0 spiro atoms. The molecule has 100 valence electrons. The molecule has 0 saturated carbocycles. The third-order valence-corrected chi connectivity index (χ3v) is 4.10. The standard InChI is InChI=1S/C15H8BrCl2NO/c16-14-11-4-2-1-3-9(11)5-6-13(14)20-15-12(18)7-10(17)8-19-15/h1-8H. The van der Waals surface area contributed by atoms with Crippen LogP contribution in [0.1, 0.15) is 0 Å². The highest BCUT2D eigenvalue weighted by molar-refractivity contribution is 9.10. The average Bonchev–Trinajstić information content (AvgIpc) is 2.45. The maximum absolute atomic E-state index is 6.06. The number of halogens is 3. The van der Waals surface area contributed by atoms with Crippen molar-refractivity contribution in [2.45, 2.75) is 0 Å². The molecule has 0 atom stereocenters. The minimum absolute atomic E-state index is 0.326. The Bertz CT molecular complexity index is 792. The zero-order chi connectivity index (χ0) is 14.1. The Morgan fingerprint density at radius 3 is 2.65 bits per heavy atom. The van der Waals surface area contributed by atoms with Crippen molar-refractivity contribution in [3.05, 3.63) is 63.2 Å². The molecule has 0 saturated heterocycles. The molecule has 1 aromatic heterocycles. The van der Waals surface area contributed by atoms with Gasteiger partial charge >= 0.3 is 0 Å². The lowest BCUT2D eigenvalue weighted by atomic mass is 10.1. The smallest absolute Gasteiger partial charge is 0.238 e. The molecule has 3 aromatic rings. The van der Waals surface area contributed by atoms with Gasteiger partial charge in [-0.05, 0) is 38.8 Å². The summed E-state index contributed by atoms with van der Waals surface area (Å²) in [5.74, 6) is 0.979. The van der Waals surface area contributed by atoms with Crippen molar-refractivity contribution in [2.75, 3.05) is 0 Å². The number of rotatable bonds is 2. The van der Waals surface area contributed by atoms with Gasteiger partial charge in [0, 0.05) is 6.20 Å². The first-order valence-corrected chi connectivity index (χ1v) is 7.36. The van der Waals surface area contributed by atoms with Crippen LogP contribution >= 0.6 is 39.1 Å². The van der Waals surface area contributed by atoms with Crippen LogP contribution in [0.25, 0.3) is 10.8 Å². The van der Waals surface area contributed by atoms with Crippen LogP contribution in [-0.2, 0) is 0 Å². The fourth-order valence-corrected chi connectivity index (χ4v) is 2.87. The van der Waals surface area contributed by atoms with Crippen molar-refractivity contribution in [2.24, 2.45) is 0 Å². The average molecular weight is 369 g/mol. The highest BCUT2D eigenvalue weighted by Crippen LogP contribution is 2.37. The Hall–Kier alpha value is -1.29. The molecule has 20 heavy (non-hydrogen) atoms. The van der Waals surface area contributed by atoms with Crippen molar-refractivity contribution in [3.63, 3.8) is 0 Å². The van der Waals surface area contributed by atoms with Crippen molar-refractivity contribution < 1.29 is 4.74 Å². The molecule has 0 unspecified atom stereocenters. The molecule has 2 nitrogen and oxygen atoms in total. The number of fused-ring (bicyclic) bond motifs is 1. The molecule has 0 amide bonds. The Kier molecular flexibility index (Phi) is 3.83. The first-order chi connectivity index (χ1) is 9.65. The third kappa shape index (κ3) is 2.62. The van der Waals surface area contributed by atoms with Crippen molar-refractivity contribution in [1.29, 1.82) is 0 Å². The highest BCUT2D eigenvalue weighted by Gasteiger charge is 2.10. The fraction of sp³-hybridized carbons (Fsp3) is 0. The van der Waals surface area contributed by atoms with E-state index in [4.69, 9.17) is 27.9 Å². The van der Waals surface area contributed by atoms with Gasteiger partial charge in [-0.15, -0.1) is 0 Å². The molecule has 2 aromatic carbocycles. The molecule has 5 heteroatoms. The van der Waals surface area contributed by atoms with Crippen molar-refractivity contribution in [1.82, 2.24) is 4.98 Å². The number of nitrogens with zero attached hydrogens (tertiary/aromatic N) is 1. The van der Waals surface area contributed by atoms with Crippen molar-refractivity contribution >= 4 is 49.9 Å². The summed E-state index contributed by atoms with van der Waals surface area (Å²) < 4.78 is 6.62. The van der Waals surface area contributed by atoms with Gasteiger partial charge in [-0.25, -0.2) is 4.98 Å². The maximum Gasteiger partial charge on any atom is 0.238 e. The number of hydrogen-bond donors (Lipinski definition) is 0. The summed E-state index contributed by atoms with van der Waals surface area (Å²) in [4.78, 5) is 4.09. The van der Waals surface area contributed by atoms with Gasteiger partial charge in [-0.3, -0.25) is 0 Å². The van der Waals surface area contributed by atoms with Gasteiger partial charge in [-0.1, -0.05) is 53.5 Å². The number of hydrogen-bond acceptors (Lipinski definition) is 2. The quantitative estimate of drug-likeness (QED) is 0.545. The Labute approximate surface area is 134 Å². The van der Waals surface area contributed by atoms with Gasteiger partial charge in [0.05, 0.1) is 9.50 Å². The van der Waals surface area contributed by atoms with E-state index in [1.807, 2.05) is 36.4 Å². The summed E-state index contributed by atoms with van der Waals surface area (Å²) in [5.41, 5.74) is 0. The molecule has 0 fully saturated rings. The van der Waals surface area contributed by atoms with E-state index in [1.165, 1.54) is 6.20 Å². The summed E-state index contributed by atoms with van der Waals surface area (Å²) in [6.07, 6.45) is 1.50. The molecule has 0 aliphatic heterocycles. The van der Waals surface area contributed by atoms with E-state index in [0.717, 1.165) is 15.2 Å². The van der Waals surface area contributed by atoms with Gasteiger partial charge < -0.3 is 4.74 Å². The first kappa shape index (κ1) is 13.7. The largest absolute Gasteiger partial charge is 0.436 e. The zero-order valence-corrected chi connectivity index (χ0v) is 13.2. The van der Waals surface area contributed by atoms with Crippen LogP contribution in [0.5, 0.6) is 11.6 Å². The van der Waals surface area contributed by atoms with Crippen LogP contribution in [0, 0.1) is 0 Å². The molecule has 3 rings (SSSR count). The molecule has 0 aliphatic carbocycles. The van der Waals surface area contributed by atoms with Crippen LogP contribution in [0.2, 0.25) is 10.0 Å². The van der Waals surface area contributed by atoms with Gasteiger partial charge in [0.25, 0.3) is 0 Å². The van der Waals surface area contributed by atoms with E-state index in [-0.39, 0.29) is 0 Å². The van der Waals surface area contributed by atoms with Crippen LogP contribution in [0.4, 0.5) is 0 Å². The summed E-state index contributed by atoms with van der Waals surface area (Å²) in [7, 11) is 0. The van der Waals surface area contributed by atoms with E-state index in [9.17, 15) is 0 Å². The Morgan fingerprint density at radius 1 is 1.05 bits per heavy atom. The van der Waals surface area contributed by atoms with E-state index in [1.54, 1.807) is 6.07 Å². The predicted octanol–water partition coefficient (Wildman–Crippen LogP) is 6.10. The molecule has 0 aliphatic rings. The Morgan fingerprint density at radius 2 is 1.85 bits per heavy atom. The lowest BCUT2D eigenvalue weighted by Crippen LogP contribution is -1.90. The monoisotopic (exact) mass is 367 g/mol. The highest BCUT2D eigenvalue weighted by atomic mass is 79.9. The first-order valence-electron chi connectivity index (χ1n) is 5.81. The van der Waals surface area contributed by atoms with Gasteiger partial charge in [0.2, 0.25) is 5.88 Å². The number of pyridine rings is 1. The lowest BCUT2D eigenvalue weighted by Gasteiger charge is -2.10. The van der Waals surface area contributed by atoms with E-state index in [0.29, 0.717) is 21.7 Å². The molecule has 0 bridgehead atoms. The van der Waals surface area contributed by atoms with Crippen LogP contribution in [-0.4, -0.2) is 4.98 Å². The summed E-state index contributed by atoms with van der Waals surface area (Å²) in [6, 6.07) is 13.5. The maximum atomic E-state index is 6.06. The molecular formula is C15H8BrCl2NO. The second kappa shape index (κ2) is 5.60. The normalized spacial score (nSPS) is 10.8. The number of benzene rings is 2. The van der Waals surface area contributed by atoms with Crippen LogP contribution in [0.3, 0.4) is 0 Å². The number of aromatic nitrogens is 1. The third-order valence-electron chi connectivity index (χ3n) is 2.81. The second-order valence-corrected chi connectivity index (χ2v) is 5.78. The topological polar surface area (TPSA) is 22.1 Å². The lowest BCUT2D eigenvalue weighted by molar-refractivity contribution is 0.461. The number of ether oxygens (including phenoxy) is 1. The second-order valence-electron chi connectivity index (χ2n) is 4.14. The summed E-state index contributed by atoms with van der Waals surface area (Å²) in [6.45, 7) is 0. The van der Waals surface area contributed by atoms with Crippen molar-refractivity contribution in [3.8, 4) is 11.6 Å². The minimum atomic E-state index is 0.326. The van der Waals surface area contributed by atoms with Gasteiger partial charge in [0.15, 0.2) is 0 Å². The van der Waals surface area contributed by atoms with Gasteiger partial charge in [-0.2, -0.15) is 0 Å². The molecule has 1 heterocycles.